The predicted molar refractivity (Wildman–Crippen MR) is 96.0 cm³/mol. The quantitative estimate of drug-likeness (QED) is 0.557. The minimum Gasteiger partial charge on any atom is -0.508 e. The number of anilines is 1. The molecule has 6 nitrogen and oxygen atoms in total. The van der Waals surface area contributed by atoms with Gasteiger partial charge >= 0.3 is 0 Å². The van der Waals surface area contributed by atoms with E-state index in [0.717, 1.165) is 17.1 Å². The molecule has 24 heavy (non-hydrogen) atoms. The standard InChI is InChI=1S/C18H26N4O2/c1-4-10-22-13(3)17(12(2)21-22)20-9-8-16(19)18(24)14-6-5-7-15(23)11-14/h4-7,11,16,18,20,23-24H,1,8-10,19H2,2-3H3. The van der Waals surface area contributed by atoms with Crippen LogP contribution >= 0.6 is 0 Å². The number of aryl methyl sites for hydroxylation is 1. The van der Waals surface area contributed by atoms with Gasteiger partial charge in [-0.15, -0.1) is 6.58 Å². The zero-order valence-electron chi connectivity index (χ0n) is 14.2. The Morgan fingerprint density at radius 3 is 2.83 bits per heavy atom. The Bertz CT molecular complexity index is 696. The summed E-state index contributed by atoms with van der Waals surface area (Å²) in [6, 6.07) is 6.12. The summed E-state index contributed by atoms with van der Waals surface area (Å²) in [6.07, 6.45) is 1.58. The third-order valence-electron chi connectivity index (χ3n) is 4.08. The SMILES string of the molecule is C=CCn1nc(C)c(NCCC(N)C(O)c2cccc(O)c2)c1C. The average Bonchev–Trinajstić information content (AvgIpc) is 2.82. The molecule has 0 fully saturated rings. The predicted octanol–water partition coefficient (Wildman–Crippen LogP) is 2.25. The molecule has 1 heterocycles. The van der Waals surface area contributed by atoms with Crippen molar-refractivity contribution in [2.45, 2.75) is 39.0 Å². The number of phenolic OH excluding ortho intramolecular Hbond substituents is 1. The molecule has 0 amide bonds. The van der Waals surface area contributed by atoms with Crippen LogP contribution in [-0.2, 0) is 6.54 Å². The topological polar surface area (TPSA) is 96.3 Å². The number of nitrogens with zero attached hydrogens (tertiary/aromatic N) is 2. The van der Waals surface area contributed by atoms with E-state index >= 15 is 0 Å². The van der Waals surface area contributed by atoms with E-state index in [4.69, 9.17) is 5.73 Å². The average molecular weight is 330 g/mol. The highest BCUT2D eigenvalue weighted by Gasteiger charge is 2.18. The second-order valence-corrected chi connectivity index (χ2v) is 5.94. The van der Waals surface area contributed by atoms with Crippen molar-refractivity contribution in [1.29, 1.82) is 0 Å². The summed E-state index contributed by atoms with van der Waals surface area (Å²) in [5, 5.41) is 27.6. The van der Waals surface area contributed by atoms with Crippen molar-refractivity contribution < 1.29 is 10.2 Å². The summed E-state index contributed by atoms with van der Waals surface area (Å²) in [4.78, 5) is 0. The Labute approximate surface area is 142 Å². The zero-order chi connectivity index (χ0) is 17.7. The van der Waals surface area contributed by atoms with Crippen LogP contribution < -0.4 is 11.1 Å². The number of hydrogen-bond donors (Lipinski definition) is 4. The van der Waals surface area contributed by atoms with E-state index in [-0.39, 0.29) is 5.75 Å². The van der Waals surface area contributed by atoms with Crippen molar-refractivity contribution in [3.63, 3.8) is 0 Å². The van der Waals surface area contributed by atoms with Gasteiger partial charge in [-0.3, -0.25) is 4.68 Å². The van der Waals surface area contributed by atoms with Crippen molar-refractivity contribution in [3.8, 4) is 5.75 Å². The second-order valence-electron chi connectivity index (χ2n) is 5.94. The maximum Gasteiger partial charge on any atom is 0.115 e. The van der Waals surface area contributed by atoms with Gasteiger partial charge in [-0.2, -0.15) is 5.10 Å². The molecule has 130 valence electrons. The number of nitrogens with two attached hydrogens (primary N) is 1. The van der Waals surface area contributed by atoms with Crippen molar-refractivity contribution >= 4 is 5.69 Å². The number of allylic oxidation sites excluding steroid dienone is 1. The summed E-state index contributed by atoms with van der Waals surface area (Å²) in [5.74, 6) is 0.123. The number of nitrogens with one attached hydrogen (secondary N) is 1. The fourth-order valence-electron chi connectivity index (χ4n) is 2.73. The summed E-state index contributed by atoms with van der Waals surface area (Å²) in [5.41, 5.74) is 9.68. The number of aliphatic hydroxyl groups is 1. The van der Waals surface area contributed by atoms with Crippen LogP contribution in [0.3, 0.4) is 0 Å². The van der Waals surface area contributed by atoms with Gasteiger partial charge in [-0.1, -0.05) is 18.2 Å². The Balaban J connectivity index is 1.93. The van der Waals surface area contributed by atoms with Crippen molar-refractivity contribution in [2.75, 3.05) is 11.9 Å². The summed E-state index contributed by atoms with van der Waals surface area (Å²) in [7, 11) is 0. The second kappa shape index (κ2) is 7.99. The minimum absolute atomic E-state index is 0.123. The lowest BCUT2D eigenvalue weighted by molar-refractivity contribution is 0.143. The van der Waals surface area contributed by atoms with Gasteiger partial charge in [-0.25, -0.2) is 0 Å². The van der Waals surface area contributed by atoms with Crippen molar-refractivity contribution in [1.82, 2.24) is 9.78 Å². The number of aromatic hydroxyl groups is 1. The summed E-state index contributed by atoms with van der Waals surface area (Å²) < 4.78 is 1.90. The fourth-order valence-corrected chi connectivity index (χ4v) is 2.73. The number of benzene rings is 1. The molecule has 0 saturated carbocycles. The van der Waals surface area contributed by atoms with E-state index in [2.05, 4.69) is 17.0 Å². The van der Waals surface area contributed by atoms with Gasteiger partial charge in [0.25, 0.3) is 0 Å². The molecule has 0 aliphatic rings. The van der Waals surface area contributed by atoms with E-state index in [0.29, 0.717) is 25.1 Å². The van der Waals surface area contributed by atoms with E-state index in [1.165, 1.54) is 6.07 Å². The number of rotatable bonds is 8. The molecular weight excluding hydrogens is 304 g/mol. The molecule has 1 aromatic carbocycles. The Morgan fingerprint density at radius 1 is 1.42 bits per heavy atom. The maximum atomic E-state index is 10.3. The lowest BCUT2D eigenvalue weighted by Crippen LogP contribution is -2.30. The number of phenols is 1. The molecule has 2 atom stereocenters. The fraction of sp³-hybridized carbons (Fsp3) is 0.389. The summed E-state index contributed by atoms with van der Waals surface area (Å²) >= 11 is 0. The first-order valence-corrected chi connectivity index (χ1v) is 8.05. The molecule has 0 spiro atoms. The third kappa shape index (κ3) is 4.15. The smallest absolute Gasteiger partial charge is 0.115 e. The van der Waals surface area contributed by atoms with Gasteiger partial charge in [-0.05, 0) is 38.0 Å². The van der Waals surface area contributed by atoms with Gasteiger partial charge in [0.1, 0.15) is 5.75 Å². The maximum absolute atomic E-state index is 10.3. The largest absolute Gasteiger partial charge is 0.508 e. The first-order chi connectivity index (χ1) is 11.4. The molecule has 0 aliphatic heterocycles. The normalized spacial score (nSPS) is 13.5. The Morgan fingerprint density at radius 2 is 2.17 bits per heavy atom. The molecule has 5 N–H and O–H groups in total. The van der Waals surface area contributed by atoms with Crippen LogP contribution in [0.5, 0.6) is 5.75 Å². The molecule has 0 radical (unpaired) electrons. The Kier molecular flexibility index (Phi) is 6.00. The van der Waals surface area contributed by atoms with E-state index in [9.17, 15) is 10.2 Å². The molecule has 2 unspecified atom stereocenters. The highest BCUT2D eigenvalue weighted by Crippen LogP contribution is 2.23. The summed E-state index contributed by atoms with van der Waals surface area (Å²) in [6.45, 7) is 8.99. The lowest BCUT2D eigenvalue weighted by Gasteiger charge is -2.20. The zero-order valence-corrected chi connectivity index (χ0v) is 14.2. The van der Waals surface area contributed by atoms with Gasteiger partial charge in [0.2, 0.25) is 0 Å². The van der Waals surface area contributed by atoms with Crippen molar-refractivity contribution in [3.05, 3.63) is 53.9 Å². The van der Waals surface area contributed by atoms with Crippen LogP contribution in [0.2, 0.25) is 0 Å². The van der Waals surface area contributed by atoms with Gasteiger partial charge < -0.3 is 21.3 Å². The van der Waals surface area contributed by atoms with Crippen LogP contribution in [0, 0.1) is 13.8 Å². The van der Waals surface area contributed by atoms with Crippen LogP contribution in [-0.4, -0.2) is 32.6 Å². The minimum atomic E-state index is -0.815. The van der Waals surface area contributed by atoms with Crippen LogP contribution in [0.15, 0.2) is 36.9 Å². The monoisotopic (exact) mass is 330 g/mol. The van der Waals surface area contributed by atoms with Crippen LogP contribution in [0.1, 0.15) is 29.5 Å². The van der Waals surface area contributed by atoms with E-state index in [1.54, 1.807) is 18.2 Å². The van der Waals surface area contributed by atoms with Gasteiger partial charge in [0, 0.05) is 12.6 Å². The van der Waals surface area contributed by atoms with Crippen molar-refractivity contribution in [2.24, 2.45) is 5.73 Å². The van der Waals surface area contributed by atoms with Gasteiger partial charge in [0.15, 0.2) is 0 Å². The molecule has 1 aromatic heterocycles. The number of hydrogen-bond acceptors (Lipinski definition) is 5. The highest BCUT2D eigenvalue weighted by molar-refractivity contribution is 5.52. The number of aliphatic hydroxyl groups excluding tert-OH is 1. The van der Waals surface area contributed by atoms with Crippen LogP contribution in [0.4, 0.5) is 5.69 Å². The molecule has 0 bridgehead atoms. The molecule has 2 rings (SSSR count). The molecule has 0 saturated heterocycles. The first-order valence-electron chi connectivity index (χ1n) is 8.05. The van der Waals surface area contributed by atoms with E-state index in [1.807, 2.05) is 24.6 Å². The lowest BCUT2D eigenvalue weighted by atomic mass is 10.0. The Hall–Kier alpha value is -2.31. The number of aromatic nitrogens is 2. The van der Waals surface area contributed by atoms with Gasteiger partial charge in [0.05, 0.1) is 29.7 Å². The first kappa shape index (κ1) is 18.0. The third-order valence-corrected chi connectivity index (χ3v) is 4.08. The highest BCUT2D eigenvalue weighted by atomic mass is 16.3. The molecule has 0 aliphatic carbocycles. The molecule has 2 aromatic rings. The van der Waals surface area contributed by atoms with Crippen LogP contribution in [0.25, 0.3) is 0 Å². The van der Waals surface area contributed by atoms with E-state index < -0.39 is 12.1 Å². The molecular formula is C18H26N4O2. The molecule has 6 heteroatoms.